The van der Waals surface area contributed by atoms with Crippen molar-refractivity contribution in [3.63, 3.8) is 0 Å². The van der Waals surface area contributed by atoms with E-state index >= 15 is 0 Å². The molecule has 6 nitrogen and oxygen atoms in total. The fourth-order valence-electron chi connectivity index (χ4n) is 2.24. The molecule has 0 saturated carbocycles. The molecular weight excluding hydrogens is 384 g/mol. The van der Waals surface area contributed by atoms with Gasteiger partial charge in [0.1, 0.15) is 17.2 Å². The SMILES string of the molecule is Cc1nc(N)sc1C(=O)NN=Cc1ccc(OCc2ccc(Cl)cc2)cc1. The maximum Gasteiger partial charge on any atom is 0.283 e. The third-order valence-corrected chi connectivity index (χ3v) is 4.84. The van der Waals surface area contributed by atoms with Crippen LogP contribution in [-0.4, -0.2) is 17.1 Å². The second kappa shape index (κ2) is 8.66. The van der Waals surface area contributed by atoms with Gasteiger partial charge in [-0.1, -0.05) is 35.1 Å². The van der Waals surface area contributed by atoms with Crippen LogP contribution in [-0.2, 0) is 6.61 Å². The number of hydrogen-bond acceptors (Lipinski definition) is 6. The van der Waals surface area contributed by atoms with E-state index in [0.717, 1.165) is 28.2 Å². The smallest absolute Gasteiger partial charge is 0.283 e. The summed E-state index contributed by atoms with van der Waals surface area (Å²) in [6.07, 6.45) is 1.56. The van der Waals surface area contributed by atoms with Gasteiger partial charge in [0.15, 0.2) is 5.13 Å². The van der Waals surface area contributed by atoms with Gasteiger partial charge in [0.2, 0.25) is 0 Å². The molecule has 3 N–H and O–H groups in total. The number of nitrogens with zero attached hydrogens (tertiary/aromatic N) is 2. The van der Waals surface area contributed by atoms with E-state index in [2.05, 4.69) is 15.5 Å². The Labute approximate surface area is 165 Å². The van der Waals surface area contributed by atoms with Crippen LogP contribution in [0.2, 0.25) is 5.02 Å². The average molecular weight is 401 g/mol. The molecule has 1 amide bonds. The molecule has 0 aliphatic rings. The van der Waals surface area contributed by atoms with Crippen LogP contribution in [0.3, 0.4) is 0 Å². The predicted molar refractivity (Wildman–Crippen MR) is 109 cm³/mol. The molecule has 0 radical (unpaired) electrons. The Balaban J connectivity index is 1.52. The number of nitrogen functional groups attached to an aromatic ring is 1. The number of nitrogens with two attached hydrogens (primary N) is 1. The first-order valence-electron chi connectivity index (χ1n) is 8.05. The molecule has 0 atom stereocenters. The highest BCUT2D eigenvalue weighted by atomic mass is 35.5. The second-order valence-corrected chi connectivity index (χ2v) is 7.12. The van der Waals surface area contributed by atoms with Gasteiger partial charge in [-0.25, -0.2) is 10.4 Å². The van der Waals surface area contributed by atoms with Crippen molar-refractivity contribution < 1.29 is 9.53 Å². The van der Waals surface area contributed by atoms with E-state index in [1.165, 1.54) is 0 Å². The summed E-state index contributed by atoms with van der Waals surface area (Å²) in [7, 11) is 0. The summed E-state index contributed by atoms with van der Waals surface area (Å²) >= 11 is 7.00. The van der Waals surface area contributed by atoms with Gasteiger partial charge in [0, 0.05) is 5.02 Å². The maximum absolute atomic E-state index is 12.0. The van der Waals surface area contributed by atoms with Gasteiger partial charge < -0.3 is 10.5 Å². The Morgan fingerprint density at radius 2 is 1.96 bits per heavy atom. The van der Waals surface area contributed by atoms with E-state index in [1.807, 2.05) is 48.5 Å². The van der Waals surface area contributed by atoms with Gasteiger partial charge in [0.25, 0.3) is 5.91 Å². The summed E-state index contributed by atoms with van der Waals surface area (Å²) < 4.78 is 5.73. The molecule has 1 heterocycles. The Hall–Kier alpha value is -2.90. The molecule has 138 valence electrons. The van der Waals surface area contributed by atoms with Crippen LogP contribution in [0.1, 0.15) is 26.5 Å². The second-order valence-electron chi connectivity index (χ2n) is 5.65. The number of ether oxygens (including phenoxy) is 1. The van der Waals surface area contributed by atoms with Crippen LogP contribution < -0.4 is 15.9 Å². The first-order chi connectivity index (χ1) is 13.0. The number of hydrogen-bond donors (Lipinski definition) is 2. The fourth-order valence-corrected chi connectivity index (χ4v) is 3.09. The van der Waals surface area contributed by atoms with Gasteiger partial charge in [-0.2, -0.15) is 5.10 Å². The normalized spacial score (nSPS) is 10.9. The molecule has 27 heavy (non-hydrogen) atoms. The predicted octanol–water partition coefficient (Wildman–Crippen LogP) is 4.03. The molecule has 0 fully saturated rings. The molecule has 8 heteroatoms. The Morgan fingerprint density at radius 3 is 2.59 bits per heavy atom. The van der Waals surface area contributed by atoms with Crippen LogP contribution >= 0.6 is 22.9 Å². The van der Waals surface area contributed by atoms with Gasteiger partial charge in [-0.15, -0.1) is 0 Å². The zero-order valence-corrected chi connectivity index (χ0v) is 16.1. The average Bonchev–Trinajstić information content (AvgIpc) is 3.00. The summed E-state index contributed by atoms with van der Waals surface area (Å²) in [6, 6.07) is 14.9. The third kappa shape index (κ3) is 5.29. The third-order valence-electron chi connectivity index (χ3n) is 3.60. The minimum atomic E-state index is -0.333. The van der Waals surface area contributed by atoms with Crippen molar-refractivity contribution in [2.24, 2.45) is 5.10 Å². The Bertz CT molecular complexity index is 953. The lowest BCUT2D eigenvalue weighted by Gasteiger charge is -2.06. The Kier molecular flexibility index (Phi) is 6.05. The molecule has 2 aromatic carbocycles. The zero-order chi connectivity index (χ0) is 19.2. The molecule has 3 aromatic rings. The number of aromatic nitrogens is 1. The van der Waals surface area contributed by atoms with Crippen LogP contribution in [0, 0.1) is 6.92 Å². The lowest BCUT2D eigenvalue weighted by atomic mass is 10.2. The molecule has 0 unspecified atom stereocenters. The molecular formula is C19H17ClN4O2S. The number of halogens is 1. The lowest BCUT2D eigenvalue weighted by molar-refractivity contribution is 0.0958. The number of benzene rings is 2. The minimum absolute atomic E-state index is 0.333. The van der Waals surface area contributed by atoms with Crippen molar-refractivity contribution >= 4 is 40.2 Å². The molecule has 1 aromatic heterocycles. The van der Waals surface area contributed by atoms with Crippen molar-refractivity contribution in [3.8, 4) is 5.75 Å². The van der Waals surface area contributed by atoms with E-state index in [1.54, 1.807) is 13.1 Å². The van der Waals surface area contributed by atoms with Crippen molar-refractivity contribution in [2.45, 2.75) is 13.5 Å². The van der Waals surface area contributed by atoms with Gasteiger partial charge >= 0.3 is 0 Å². The summed E-state index contributed by atoms with van der Waals surface area (Å²) in [5.74, 6) is 0.405. The van der Waals surface area contributed by atoms with E-state index in [9.17, 15) is 4.79 Å². The largest absolute Gasteiger partial charge is 0.489 e. The van der Waals surface area contributed by atoms with Crippen LogP contribution in [0.5, 0.6) is 5.75 Å². The van der Waals surface area contributed by atoms with Gasteiger partial charge in [-0.3, -0.25) is 4.79 Å². The maximum atomic E-state index is 12.0. The highest BCUT2D eigenvalue weighted by Gasteiger charge is 2.13. The summed E-state index contributed by atoms with van der Waals surface area (Å²) in [4.78, 5) is 16.5. The molecule has 0 spiro atoms. The zero-order valence-electron chi connectivity index (χ0n) is 14.5. The van der Waals surface area contributed by atoms with Crippen molar-refractivity contribution in [1.29, 1.82) is 0 Å². The van der Waals surface area contributed by atoms with Crippen molar-refractivity contribution in [1.82, 2.24) is 10.4 Å². The number of hydrazone groups is 1. The van der Waals surface area contributed by atoms with Crippen LogP contribution in [0.4, 0.5) is 5.13 Å². The molecule has 3 rings (SSSR count). The molecule has 0 bridgehead atoms. The van der Waals surface area contributed by atoms with E-state index in [4.69, 9.17) is 22.1 Å². The summed E-state index contributed by atoms with van der Waals surface area (Å²) in [6.45, 7) is 2.19. The highest BCUT2D eigenvalue weighted by Crippen LogP contribution is 2.19. The topological polar surface area (TPSA) is 89.6 Å². The van der Waals surface area contributed by atoms with Crippen LogP contribution in [0.25, 0.3) is 0 Å². The highest BCUT2D eigenvalue weighted by molar-refractivity contribution is 7.17. The first kappa shape index (κ1) is 18.9. The summed E-state index contributed by atoms with van der Waals surface area (Å²) in [5, 5.41) is 5.01. The number of thiazole rings is 1. The number of carbonyl (C=O) groups excluding carboxylic acids is 1. The standard InChI is InChI=1S/C19H17ClN4O2S/c1-12-17(27-19(21)23-12)18(25)24-22-10-13-4-8-16(9-5-13)26-11-14-2-6-15(20)7-3-14/h2-10H,11H2,1H3,(H2,21,23)(H,24,25). The number of rotatable bonds is 6. The van der Waals surface area contributed by atoms with Crippen LogP contribution in [0.15, 0.2) is 53.6 Å². The number of anilines is 1. The van der Waals surface area contributed by atoms with E-state index in [-0.39, 0.29) is 5.91 Å². The number of aryl methyl sites for hydroxylation is 1. The Morgan fingerprint density at radius 1 is 1.26 bits per heavy atom. The van der Waals surface area contributed by atoms with Crippen molar-refractivity contribution in [2.75, 3.05) is 5.73 Å². The quantitative estimate of drug-likeness (QED) is 0.483. The van der Waals surface area contributed by atoms with Crippen molar-refractivity contribution in [3.05, 3.63) is 75.3 Å². The monoisotopic (exact) mass is 400 g/mol. The molecule has 0 aliphatic heterocycles. The van der Waals surface area contributed by atoms with Gasteiger partial charge in [0.05, 0.1) is 11.9 Å². The summed E-state index contributed by atoms with van der Waals surface area (Å²) in [5.41, 5.74) is 10.5. The first-order valence-corrected chi connectivity index (χ1v) is 9.24. The number of carbonyl (C=O) groups is 1. The molecule has 0 aliphatic carbocycles. The van der Waals surface area contributed by atoms with E-state index in [0.29, 0.717) is 27.3 Å². The molecule has 0 saturated heterocycles. The lowest BCUT2D eigenvalue weighted by Crippen LogP contribution is -2.17. The van der Waals surface area contributed by atoms with E-state index < -0.39 is 0 Å². The number of amides is 1. The minimum Gasteiger partial charge on any atom is -0.489 e. The van der Waals surface area contributed by atoms with Gasteiger partial charge in [-0.05, 0) is 54.4 Å². The fraction of sp³-hybridized carbons (Fsp3) is 0.105. The number of nitrogens with one attached hydrogen (secondary N) is 1.